The van der Waals surface area contributed by atoms with E-state index in [4.69, 9.17) is 11.6 Å². The van der Waals surface area contributed by atoms with Crippen molar-refractivity contribution >= 4 is 23.3 Å². The number of benzene rings is 2. The molecule has 1 N–H and O–H groups in total. The van der Waals surface area contributed by atoms with Crippen molar-refractivity contribution in [1.29, 1.82) is 5.26 Å². The molecule has 2 aliphatic rings. The maximum absolute atomic E-state index is 11.7. The predicted molar refractivity (Wildman–Crippen MR) is 119 cm³/mol. The van der Waals surface area contributed by atoms with Crippen molar-refractivity contribution in [2.75, 3.05) is 0 Å². The van der Waals surface area contributed by atoms with E-state index in [-0.39, 0.29) is 19.0 Å². The molecule has 2 aromatic carbocycles. The Hall–Kier alpha value is -3.63. The number of carbonyl (C=O) groups is 1. The highest BCUT2D eigenvalue weighted by molar-refractivity contribution is 6.30. The first-order valence-electron chi connectivity index (χ1n) is 10.4. The largest absolute Gasteiger partial charge is 0.465 e. The van der Waals surface area contributed by atoms with Crippen molar-refractivity contribution in [3.8, 4) is 11.8 Å². The first-order valence-corrected chi connectivity index (χ1v) is 10.8. The Bertz CT molecular complexity index is 1290. The van der Waals surface area contributed by atoms with Gasteiger partial charge in [-0.05, 0) is 66.3 Å². The van der Waals surface area contributed by atoms with Crippen molar-refractivity contribution in [2.45, 2.75) is 38.3 Å². The standard InChI is InChI=1S/C24H20ClN5O2/c25-20-8-9-21-19(11-20)13-29(24(31)32)14-22-27-28-23(30(21)22)17-6-4-16(5-7-17)18-3-1-2-15(10-18)12-26/h1-4,8-11,17H,5-7,13-14H2,(H,31,32). The minimum absolute atomic E-state index is 0.166. The Kier molecular flexibility index (Phi) is 5.16. The minimum Gasteiger partial charge on any atom is -0.465 e. The fourth-order valence-corrected chi connectivity index (χ4v) is 4.74. The maximum atomic E-state index is 11.7. The summed E-state index contributed by atoms with van der Waals surface area (Å²) in [5.41, 5.74) is 4.69. The molecule has 0 saturated heterocycles. The third kappa shape index (κ3) is 3.63. The number of carboxylic acid groups (broad SMARTS) is 1. The Labute approximate surface area is 190 Å². The van der Waals surface area contributed by atoms with Crippen molar-refractivity contribution in [3.63, 3.8) is 0 Å². The quantitative estimate of drug-likeness (QED) is 0.589. The smallest absolute Gasteiger partial charge is 0.408 e. The third-order valence-electron chi connectivity index (χ3n) is 6.14. The van der Waals surface area contributed by atoms with Gasteiger partial charge in [0.05, 0.1) is 30.4 Å². The summed E-state index contributed by atoms with van der Waals surface area (Å²) in [7, 11) is 0. The van der Waals surface area contributed by atoms with Crippen LogP contribution in [0.25, 0.3) is 11.3 Å². The predicted octanol–water partition coefficient (Wildman–Crippen LogP) is 5.14. The van der Waals surface area contributed by atoms with Crippen LogP contribution in [0.3, 0.4) is 0 Å². The average molecular weight is 446 g/mol. The molecule has 1 atom stereocenters. The van der Waals surface area contributed by atoms with Crippen LogP contribution in [0, 0.1) is 11.3 Å². The molecule has 1 aliphatic heterocycles. The highest BCUT2D eigenvalue weighted by atomic mass is 35.5. The number of fused-ring (bicyclic) bond motifs is 3. The van der Waals surface area contributed by atoms with E-state index >= 15 is 0 Å². The average Bonchev–Trinajstić information content (AvgIpc) is 3.14. The van der Waals surface area contributed by atoms with Gasteiger partial charge in [0.2, 0.25) is 0 Å². The van der Waals surface area contributed by atoms with Gasteiger partial charge in [0, 0.05) is 10.9 Å². The Morgan fingerprint density at radius 1 is 1.19 bits per heavy atom. The summed E-state index contributed by atoms with van der Waals surface area (Å²) >= 11 is 6.21. The topological polar surface area (TPSA) is 95.0 Å². The fraction of sp³-hybridized carbons (Fsp3) is 0.250. The van der Waals surface area contributed by atoms with E-state index in [1.54, 1.807) is 0 Å². The second-order valence-corrected chi connectivity index (χ2v) is 8.55. The van der Waals surface area contributed by atoms with Crippen LogP contribution in [0.15, 0.2) is 48.5 Å². The molecule has 1 unspecified atom stereocenters. The number of allylic oxidation sites excluding steroid dienone is 2. The number of halogens is 1. The van der Waals surface area contributed by atoms with Crippen LogP contribution in [0.2, 0.25) is 5.02 Å². The summed E-state index contributed by atoms with van der Waals surface area (Å²) in [5, 5.41) is 28.2. The number of aromatic nitrogens is 3. The Morgan fingerprint density at radius 2 is 2.06 bits per heavy atom. The van der Waals surface area contributed by atoms with Gasteiger partial charge in [-0.2, -0.15) is 5.26 Å². The van der Waals surface area contributed by atoms with E-state index in [9.17, 15) is 15.2 Å². The zero-order valence-electron chi connectivity index (χ0n) is 17.2. The molecule has 0 saturated carbocycles. The van der Waals surface area contributed by atoms with E-state index in [0.29, 0.717) is 16.4 Å². The highest BCUT2D eigenvalue weighted by Gasteiger charge is 2.30. The van der Waals surface area contributed by atoms with E-state index < -0.39 is 6.09 Å². The molecule has 7 nitrogen and oxygen atoms in total. The molecule has 2 heterocycles. The van der Waals surface area contributed by atoms with E-state index in [2.05, 4.69) is 22.3 Å². The van der Waals surface area contributed by atoms with E-state index in [0.717, 1.165) is 41.9 Å². The lowest BCUT2D eigenvalue weighted by Gasteiger charge is -2.23. The minimum atomic E-state index is -1.00. The molecular formula is C24H20ClN5O2. The SMILES string of the molecule is N#Cc1cccc(C2=CCC(c3nnc4n3-c3ccc(Cl)cc3CN(C(=O)O)C4)CC2)c1. The molecule has 0 fully saturated rings. The first-order chi connectivity index (χ1) is 15.5. The maximum Gasteiger partial charge on any atom is 0.408 e. The van der Waals surface area contributed by atoms with Gasteiger partial charge >= 0.3 is 6.09 Å². The van der Waals surface area contributed by atoms with Gasteiger partial charge in [0.1, 0.15) is 5.82 Å². The molecule has 5 rings (SSSR count). The van der Waals surface area contributed by atoms with Gasteiger partial charge in [-0.1, -0.05) is 29.8 Å². The lowest BCUT2D eigenvalue weighted by molar-refractivity contribution is 0.139. The monoisotopic (exact) mass is 445 g/mol. The second-order valence-electron chi connectivity index (χ2n) is 8.11. The van der Waals surface area contributed by atoms with Crippen molar-refractivity contribution in [3.05, 3.63) is 81.9 Å². The molecule has 1 amide bonds. The zero-order chi connectivity index (χ0) is 22.2. The van der Waals surface area contributed by atoms with Gasteiger partial charge in [-0.3, -0.25) is 9.47 Å². The molecule has 1 aliphatic carbocycles. The summed E-state index contributed by atoms with van der Waals surface area (Å²) in [6.07, 6.45) is 3.78. The summed E-state index contributed by atoms with van der Waals surface area (Å²) in [6, 6.07) is 15.4. The molecule has 0 spiro atoms. The van der Waals surface area contributed by atoms with Crippen LogP contribution in [-0.2, 0) is 13.1 Å². The van der Waals surface area contributed by atoms with Crippen molar-refractivity contribution in [2.24, 2.45) is 0 Å². The summed E-state index contributed by atoms with van der Waals surface area (Å²) in [4.78, 5) is 13.1. The molecule has 32 heavy (non-hydrogen) atoms. The number of hydrogen-bond donors (Lipinski definition) is 1. The van der Waals surface area contributed by atoms with Gasteiger partial charge in [-0.15, -0.1) is 10.2 Å². The Morgan fingerprint density at radius 3 is 2.81 bits per heavy atom. The van der Waals surface area contributed by atoms with Crippen LogP contribution >= 0.6 is 11.6 Å². The first kappa shape index (κ1) is 20.3. The number of amides is 1. The van der Waals surface area contributed by atoms with Gasteiger partial charge < -0.3 is 5.11 Å². The highest BCUT2D eigenvalue weighted by Crippen LogP contribution is 2.38. The number of nitrogens with zero attached hydrogens (tertiary/aromatic N) is 5. The molecule has 3 aromatic rings. The van der Waals surface area contributed by atoms with E-state index in [1.807, 2.05) is 47.0 Å². The van der Waals surface area contributed by atoms with E-state index in [1.165, 1.54) is 10.5 Å². The molecule has 0 radical (unpaired) electrons. The van der Waals surface area contributed by atoms with Crippen LogP contribution in [0.4, 0.5) is 4.79 Å². The molecule has 0 bridgehead atoms. The van der Waals surface area contributed by atoms with Gasteiger partial charge in [0.25, 0.3) is 0 Å². The summed E-state index contributed by atoms with van der Waals surface area (Å²) in [5.74, 6) is 1.62. The van der Waals surface area contributed by atoms with Crippen molar-refractivity contribution in [1.82, 2.24) is 19.7 Å². The fourth-order valence-electron chi connectivity index (χ4n) is 4.55. The molecular weight excluding hydrogens is 426 g/mol. The summed E-state index contributed by atoms with van der Waals surface area (Å²) < 4.78 is 2.01. The van der Waals surface area contributed by atoms with Crippen LogP contribution in [0.5, 0.6) is 0 Å². The Balaban J connectivity index is 1.50. The lowest BCUT2D eigenvalue weighted by Crippen LogP contribution is -2.27. The molecule has 8 heteroatoms. The van der Waals surface area contributed by atoms with Gasteiger partial charge in [0.15, 0.2) is 5.82 Å². The zero-order valence-corrected chi connectivity index (χ0v) is 18.0. The third-order valence-corrected chi connectivity index (χ3v) is 6.38. The number of nitriles is 1. The second kappa shape index (κ2) is 8.13. The lowest BCUT2D eigenvalue weighted by atomic mass is 9.85. The number of hydrogen-bond acceptors (Lipinski definition) is 4. The number of rotatable bonds is 2. The molecule has 1 aromatic heterocycles. The van der Waals surface area contributed by atoms with Crippen LogP contribution in [-0.4, -0.2) is 30.9 Å². The summed E-state index contributed by atoms with van der Waals surface area (Å²) in [6.45, 7) is 0.418. The van der Waals surface area contributed by atoms with Crippen LogP contribution in [0.1, 0.15) is 53.5 Å². The normalized spacial score (nSPS) is 17.6. The van der Waals surface area contributed by atoms with Crippen LogP contribution < -0.4 is 0 Å². The van der Waals surface area contributed by atoms with Gasteiger partial charge in [-0.25, -0.2) is 4.79 Å². The van der Waals surface area contributed by atoms with Crippen molar-refractivity contribution < 1.29 is 9.90 Å². The molecule has 160 valence electrons.